The highest BCUT2D eigenvalue weighted by Gasteiger charge is 2.04. The van der Waals surface area contributed by atoms with Gasteiger partial charge in [0.1, 0.15) is 0 Å². The Hall–Kier alpha value is -0.780. The van der Waals surface area contributed by atoms with E-state index in [1.54, 1.807) is 16.7 Å². The molecule has 0 saturated heterocycles. The zero-order valence-corrected chi connectivity index (χ0v) is 22.5. The molecule has 0 aliphatic carbocycles. The molecule has 0 atom stereocenters. The molecule has 1 rings (SSSR count). The third kappa shape index (κ3) is 16.8. The van der Waals surface area contributed by atoms with E-state index in [-0.39, 0.29) is 0 Å². The van der Waals surface area contributed by atoms with Gasteiger partial charge in [0.05, 0.1) is 0 Å². The van der Waals surface area contributed by atoms with Gasteiger partial charge in [-0.3, -0.25) is 0 Å². The summed E-state index contributed by atoms with van der Waals surface area (Å²) in [5, 5.41) is 0. The van der Waals surface area contributed by atoms with Crippen LogP contribution in [0.15, 0.2) is 18.2 Å². The van der Waals surface area contributed by atoms with Crippen molar-refractivity contribution in [1.29, 1.82) is 0 Å². The molecule has 32 heavy (non-hydrogen) atoms. The Kier molecular flexibility index (Phi) is 20.1. The van der Waals surface area contributed by atoms with Gasteiger partial charge in [0, 0.05) is 0 Å². The van der Waals surface area contributed by atoms with Crippen molar-refractivity contribution in [2.45, 2.75) is 168 Å². The van der Waals surface area contributed by atoms with Crippen LogP contribution >= 0.6 is 0 Å². The summed E-state index contributed by atoms with van der Waals surface area (Å²) in [7, 11) is 0. The summed E-state index contributed by atoms with van der Waals surface area (Å²) < 4.78 is 0. The fourth-order valence-electron chi connectivity index (χ4n) is 4.95. The van der Waals surface area contributed by atoms with Gasteiger partial charge in [0.25, 0.3) is 0 Å². The molecule has 0 unspecified atom stereocenters. The van der Waals surface area contributed by atoms with E-state index >= 15 is 0 Å². The van der Waals surface area contributed by atoms with E-state index in [9.17, 15) is 0 Å². The van der Waals surface area contributed by atoms with Gasteiger partial charge in [-0.05, 0) is 55.2 Å². The summed E-state index contributed by atoms with van der Waals surface area (Å²) in [6, 6.07) is 7.65. The molecule has 0 aliphatic heterocycles. The van der Waals surface area contributed by atoms with Crippen molar-refractivity contribution in [3.63, 3.8) is 0 Å². The van der Waals surface area contributed by atoms with Crippen molar-refractivity contribution in [2.24, 2.45) is 0 Å². The van der Waals surface area contributed by atoms with Crippen LogP contribution in [0.4, 0.5) is 0 Å². The van der Waals surface area contributed by atoms with Gasteiger partial charge in [0.2, 0.25) is 0 Å². The molecule has 0 aliphatic rings. The lowest BCUT2D eigenvalue weighted by atomic mass is 9.95. The number of benzene rings is 1. The van der Waals surface area contributed by atoms with E-state index in [0.717, 1.165) is 0 Å². The highest BCUT2D eigenvalue weighted by Crippen LogP contribution is 2.19. The molecule has 0 spiro atoms. The van der Waals surface area contributed by atoms with Gasteiger partial charge in [-0.2, -0.15) is 0 Å². The summed E-state index contributed by atoms with van der Waals surface area (Å²) >= 11 is 0. The summed E-state index contributed by atoms with van der Waals surface area (Å²) in [5.74, 6) is 0. The molecule has 0 N–H and O–H groups in total. The zero-order chi connectivity index (χ0) is 23.1. The van der Waals surface area contributed by atoms with E-state index in [1.807, 2.05) is 0 Å². The molecule has 0 saturated carbocycles. The Balaban J connectivity index is 2.39. The second-order valence-corrected chi connectivity index (χ2v) is 10.4. The summed E-state index contributed by atoms with van der Waals surface area (Å²) in [6.45, 7) is 6.92. The van der Waals surface area contributed by atoms with Gasteiger partial charge in [0.15, 0.2) is 0 Å². The number of hydrogen-bond acceptors (Lipinski definition) is 0. The van der Waals surface area contributed by atoms with Crippen LogP contribution in [0.3, 0.4) is 0 Å². The molecule has 0 aromatic heterocycles. The van der Waals surface area contributed by atoms with Crippen molar-refractivity contribution < 1.29 is 0 Å². The monoisotopic (exact) mass is 442 g/mol. The highest BCUT2D eigenvalue weighted by atomic mass is 14.1. The molecule has 0 nitrogen and oxygen atoms in total. The Bertz CT molecular complexity index is 477. The molecule has 186 valence electrons. The first-order valence-corrected chi connectivity index (χ1v) is 14.9. The van der Waals surface area contributed by atoms with Gasteiger partial charge >= 0.3 is 0 Å². The van der Waals surface area contributed by atoms with Gasteiger partial charge in [-0.15, -0.1) is 0 Å². The zero-order valence-electron chi connectivity index (χ0n) is 22.5. The van der Waals surface area contributed by atoms with Crippen LogP contribution in [0.25, 0.3) is 0 Å². The minimum absolute atomic E-state index is 1.29. The first-order valence-electron chi connectivity index (χ1n) is 14.9. The predicted octanol–water partition coefficient (Wildman–Crippen LogP) is 11.2. The largest absolute Gasteiger partial charge is 0.0654 e. The van der Waals surface area contributed by atoms with Crippen LogP contribution in [0, 0.1) is 0 Å². The van der Waals surface area contributed by atoms with Gasteiger partial charge in [-0.25, -0.2) is 0 Å². The van der Waals surface area contributed by atoms with Crippen LogP contribution in [-0.2, 0) is 19.3 Å². The molecule has 0 heterocycles. The standard InChI is InChI=1S/C32H58/c1-4-7-10-13-15-17-19-22-25-31-27-30(24-21-12-9-6-3)28-32(29-31)26-23-20-18-16-14-11-8-5-2/h27-29H,4-26H2,1-3H3. The molecular formula is C32H58. The maximum atomic E-state index is 2.55. The Morgan fingerprint density at radius 1 is 0.312 bits per heavy atom. The molecule has 0 bridgehead atoms. The average Bonchev–Trinajstić information content (AvgIpc) is 2.80. The fraction of sp³-hybridized carbons (Fsp3) is 0.812. The van der Waals surface area contributed by atoms with E-state index in [2.05, 4.69) is 39.0 Å². The smallest absolute Gasteiger partial charge is 0.0279 e. The summed E-state index contributed by atoms with van der Waals surface area (Å²) in [4.78, 5) is 0. The van der Waals surface area contributed by atoms with Crippen LogP contribution < -0.4 is 0 Å². The second-order valence-electron chi connectivity index (χ2n) is 10.4. The predicted molar refractivity (Wildman–Crippen MR) is 147 cm³/mol. The number of unbranched alkanes of at least 4 members (excludes halogenated alkanes) is 17. The van der Waals surface area contributed by atoms with Gasteiger partial charge in [-0.1, -0.05) is 148 Å². The van der Waals surface area contributed by atoms with Crippen molar-refractivity contribution in [3.8, 4) is 0 Å². The number of aryl methyl sites for hydroxylation is 3. The van der Waals surface area contributed by atoms with E-state index < -0.39 is 0 Å². The first-order chi connectivity index (χ1) is 15.8. The van der Waals surface area contributed by atoms with Crippen LogP contribution in [-0.4, -0.2) is 0 Å². The SMILES string of the molecule is CCCCCCCCCCc1cc(CCCCCC)cc(CCCCCCCCCC)c1. The molecule has 1 aromatic rings. The maximum absolute atomic E-state index is 2.55. The normalized spacial score (nSPS) is 11.3. The quantitative estimate of drug-likeness (QED) is 0.148. The lowest BCUT2D eigenvalue weighted by Crippen LogP contribution is -1.96. The second kappa shape index (κ2) is 22.0. The van der Waals surface area contributed by atoms with Crippen molar-refractivity contribution >= 4 is 0 Å². The number of rotatable bonds is 23. The average molecular weight is 443 g/mol. The Morgan fingerprint density at radius 3 is 0.812 bits per heavy atom. The fourth-order valence-corrected chi connectivity index (χ4v) is 4.95. The minimum atomic E-state index is 1.29. The lowest BCUT2D eigenvalue weighted by molar-refractivity contribution is 0.573. The molecule has 0 amide bonds. The van der Waals surface area contributed by atoms with Crippen molar-refractivity contribution in [1.82, 2.24) is 0 Å². The molecular weight excluding hydrogens is 384 g/mol. The third-order valence-corrected chi connectivity index (χ3v) is 7.07. The molecule has 0 heteroatoms. The van der Waals surface area contributed by atoms with E-state index in [0.29, 0.717) is 0 Å². The van der Waals surface area contributed by atoms with Crippen LogP contribution in [0.5, 0.6) is 0 Å². The van der Waals surface area contributed by atoms with E-state index in [4.69, 9.17) is 0 Å². The highest BCUT2D eigenvalue weighted by molar-refractivity contribution is 5.30. The Morgan fingerprint density at radius 2 is 0.531 bits per heavy atom. The van der Waals surface area contributed by atoms with Crippen LogP contribution in [0.2, 0.25) is 0 Å². The maximum Gasteiger partial charge on any atom is -0.0279 e. The van der Waals surface area contributed by atoms with Crippen LogP contribution in [0.1, 0.15) is 166 Å². The Labute approximate surface area is 203 Å². The molecule has 1 aromatic carbocycles. The van der Waals surface area contributed by atoms with Gasteiger partial charge < -0.3 is 0 Å². The summed E-state index contributed by atoms with van der Waals surface area (Å²) in [6.07, 6.45) is 32.1. The van der Waals surface area contributed by atoms with Crippen molar-refractivity contribution in [3.05, 3.63) is 34.9 Å². The molecule has 0 radical (unpaired) electrons. The third-order valence-electron chi connectivity index (χ3n) is 7.07. The first kappa shape index (κ1) is 29.3. The van der Waals surface area contributed by atoms with E-state index in [1.165, 1.54) is 148 Å². The van der Waals surface area contributed by atoms with Crippen molar-refractivity contribution in [2.75, 3.05) is 0 Å². The topological polar surface area (TPSA) is 0 Å². The number of hydrogen-bond donors (Lipinski definition) is 0. The minimum Gasteiger partial charge on any atom is -0.0654 e. The lowest BCUT2D eigenvalue weighted by Gasteiger charge is -2.11. The summed E-state index contributed by atoms with van der Waals surface area (Å²) in [5.41, 5.74) is 4.87. The molecule has 0 fully saturated rings.